The highest BCUT2D eigenvalue weighted by molar-refractivity contribution is 9.10. The van der Waals surface area contributed by atoms with E-state index < -0.39 is 0 Å². The Morgan fingerprint density at radius 3 is 2.00 bits per heavy atom. The minimum absolute atomic E-state index is 0.778. The third-order valence-corrected chi connectivity index (χ3v) is 7.01. The van der Waals surface area contributed by atoms with Crippen LogP contribution in [0.4, 0.5) is 17.1 Å². The molecule has 0 saturated carbocycles. The van der Waals surface area contributed by atoms with Crippen molar-refractivity contribution in [1.82, 2.24) is 0 Å². The van der Waals surface area contributed by atoms with E-state index in [1.165, 1.54) is 44.9 Å². The lowest BCUT2D eigenvalue weighted by Gasteiger charge is -2.07. The number of halogens is 1. The minimum Gasteiger partial charge on any atom is -0.494 e. The van der Waals surface area contributed by atoms with Gasteiger partial charge in [-0.1, -0.05) is 92.1 Å². The Morgan fingerprint density at radius 1 is 0.658 bits per heavy atom. The van der Waals surface area contributed by atoms with Gasteiger partial charge in [0.2, 0.25) is 0 Å². The van der Waals surface area contributed by atoms with Crippen molar-refractivity contribution in [2.24, 2.45) is 15.2 Å². The maximum absolute atomic E-state index is 5.93. The van der Waals surface area contributed by atoms with Crippen molar-refractivity contribution in [3.63, 3.8) is 0 Å². The third kappa shape index (κ3) is 8.63. The van der Waals surface area contributed by atoms with Crippen LogP contribution < -0.4 is 4.74 Å². The normalized spacial score (nSPS) is 11.6. The molecular formula is C33H36BrN3O. The van der Waals surface area contributed by atoms with E-state index in [0.717, 1.165) is 56.6 Å². The number of azo groups is 1. The van der Waals surface area contributed by atoms with Crippen LogP contribution in [0.2, 0.25) is 0 Å². The lowest BCUT2D eigenvalue weighted by atomic mass is 10.1. The predicted molar refractivity (Wildman–Crippen MR) is 164 cm³/mol. The highest BCUT2D eigenvalue weighted by Gasteiger charge is 2.05. The second kappa shape index (κ2) is 15.2. The molecule has 0 aliphatic heterocycles. The second-order valence-electron chi connectivity index (χ2n) is 9.48. The number of aliphatic imine (C=N–C) groups is 1. The first-order valence-corrected chi connectivity index (χ1v) is 14.5. The van der Waals surface area contributed by atoms with Gasteiger partial charge < -0.3 is 4.74 Å². The fourth-order valence-corrected chi connectivity index (χ4v) is 4.57. The van der Waals surface area contributed by atoms with Crippen LogP contribution >= 0.6 is 15.9 Å². The van der Waals surface area contributed by atoms with Crippen LogP contribution in [0.1, 0.15) is 63.9 Å². The minimum atomic E-state index is 0.778. The van der Waals surface area contributed by atoms with Crippen LogP contribution in [0.3, 0.4) is 0 Å². The van der Waals surface area contributed by atoms with E-state index in [2.05, 4.69) is 57.3 Å². The summed E-state index contributed by atoms with van der Waals surface area (Å²) in [5.41, 5.74) is 3.57. The SMILES string of the molecule is CCCCCCCCCCOc1ccc(C=Nc2ccc(N=Nc3ccc(Br)cc3)c3ccccc23)cc1. The fraction of sp³-hybridized carbons (Fsp3) is 0.303. The molecule has 0 N–H and O–H groups in total. The molecule has 4 rings (SSSR count). The molecule has 0 saturated heterocycles. The smallest absolute Gasteiger partial charge is 0.119 e. The number of benzene rings is 4. The van der Waals surface area contributed by atoms with Crippen LogP contribution in [0, 0.1) is 0 Å². The van der Waals surface area contributed by atoms with Gasteiger partial charge in [0.05, 0.1) is 23.7 Å². The van der Waals surface area contributed by atoms with Gasteiger partial charge in [0, 0.05) is 21.5 Å². The molecule has 4 nitrogen and oxygen atoms in total. The number of fused-ring (bicyclic) bond motifs is 1. The van der Waals surface area contributed by atoms with Crippen molar-refractivity contribution in [2.75, 3.05) is 6.61 Å². The highest BCUT2D eigenvalue weighted by Crippen LogP contribution is 2.34. The summed E-state index contributed by atoms with van der Waals surface area (Å²) in [5, 5.41) is 11.0. The van der Waals surface area contributed by atoms with Crippen molar-refractivity contribution in [1.29, 1.82) is 0 Å². The number of hydrogen-bond acceptors (Lipinski definition) is 4. The van der Waals surface area contributed by atoms with Crippen LogP contribution in [-0.2, 0) is 0 Å². The molecule has 0 fully saturated rings. The van der Waals surface area contributed by atoms with Gasteiger partial charge in [-0.15, -0.1) is 5.11 Å². The van der Waals surface area contributed by atoms with E-state index in [1.54, 1.807) is 0 Å². The summed E-state index contributed by atoms with van der Waals surface area (Å²) in [6.07, 6.45) is 12.3. The molecule has 0 radical (unpaired) electrons. The Kier molecular flexibility index (Phi) is 11.1. The summed E-state index contributed by atoms with van der Waals surface area (Å²) in [7, 11) is 0. The topological polar surface area (TPSA) is 46.3 Å². The Labute approximate surface area is 235 Å². The lowest BCUT2D eigenvalue weighted by molar-refractivity contribution is 0.304. The van der Waals surface area contributed by atoms with E-state index >= 15 is 0 Å². The summed E-state index contributed by atoms with van der Waals surface area (Å²) in [5.74, 6) is 0.913. The molecular weight excluding hydrogens is 534 g/mol. The average molecular weight is 571 g/mol. The third-order valence-electron chi connectivity index (χ3n) is 6.48. The number of ether oxygens (including phenoxy) is 1. The summed E-state index contributed by atoms with van der Waals surface area (Å²) in [6, 6.07) is 28.1. The molecule has 4 aromatic carbocycles. The molecule has 0 amide bonds. The van der Waals surface area contributed by atoms with Crippen LogP contribution in [0.25, 0.3) is 10.8 Å². The van der Waals surface area contributed by atoms with E-state index in [4.69, 9.17) is 9.73 Å². The maximum Gasteiger partial charge on any atom is 0.119 e. The van der Waals surface area contributed by atoms with Crippen LogP contribution in [-0.4, -0.2) is 12.8 Å². The Morgan fingerprint density at radius 2 is 1.29 bits per heavy atom. The number of hydrogen-bond donors (Lipinski definition) is 0. The predicted octanol–water partition coefficient (Wildman–Crippen LogP) is 11.3. The molecule has 196 valence electrons. The largest absolute Gasteiger partial charge is 0.494 e. The molecule has 0 spiro atoms. The van der Waals surface area contributed by atoms with Gasteiger partial charge in [0.1, 0.15) is 5.75 Å². The Balaban J connectivity index is 1.32. The zero-order valence-electron chi connectivity index (χ0n) is 22.2. The maximum atomic E-state index is 5.93. The van der Waals surface area contributed by atoms with E-state index in [0.29, 0.717) is 0 Å². The second-order valence-corrected chi connectivity index (χ2v) is 10.4. The average Bonchev–Trinajstić information content (AvgIpc) is 2.96. The molecule has 4 aromatic rings. The molecule has 0 aromatic heterocycles. The first-order valence-electron chi connectivity index (χ1n) is 13.7. The summed E-state index contributed by atoms with van der Waals surface area (Å²) >= 11 is 3.45. The standard InChI is InChI=1S/C33H36BrN3O/c1-2-3-4-5-6-7-8-11-24-38-29-20-14-26(15-21-29)25-35-32-22-23-33(31-13-10-9-12-30(31)32)37-36-28-18-16-27(34)17-19-28/h9-10,12-23,25H,2-8,11,24H2,1H3. The zero-order valence-corrected chi connectivity index (χ0v) is 23.7. The van der Waals surface area contributed by atoms with Gasteiger partial charge in [-0.3, -0.25) is 4.99 Å². The molecule has 0 aliphatic carbocycles. The Hall–Kier alpha value is -3.31. The van der Waals surface area contributed by atoms with Crippen molar-refractivity contribution < 1.29 is 4.74 Å². The zero-order chi connectivity index (χ0) is 26.4. The van der Waals surface area contributed by atoms with Gasteiger partial charge in [0.15, 0.2) is 0 Å². The number of rotatable bonds is 14. The number of unbranched alkanes of at least 4 members (excludes halogenated alkanes) is 7. The molecule has 5 heteroatoms. The monoisotopic (exact) mass is 569 g/mol. The summed E-state index contributed by atoms with van der Waals surface area (Å²) < 4.78 is 6.95. The quantitative estimate of drug-likeness (QED) is 0.0845. The van der Waals surface area contributed by atoms with Gasteiger partial charge in [0.25, 0.3) is 0 Å². The lowest BCUT2D eigenvalue weighted by Crippen LogP contribution is -1.97. The molecule has 0 atom stereocenters. The first kappa shape index (κ1) is 27.7. The van der Waals surface area contributed by atoms with Gasteiger partial charge in [-0.05, 0) is 72.6 Å². The van der Waals surface area contributed by atoms with Crippen LogP contribution in [0.5, 0.6) is 5.75 Å². The van der Waals surface area contributed by atoms with E-state index in [1.807, 2.05) is 66.9 Å². The molecule has 0 heterocycles. The van der Waals surface area contributed by atoms with E-state index in [9.17, 15) is 0 Å². The molecule has 0 unspecified atom stereocenters. The Bertz CT molecular complexity index is 1330. The van der Waals surface area contributed by atoms with Crippen LogP contribution in [0.15, 0.2) is 105 Å². The number of nitrogens with zero attached hydrogens (tertiary/aromatic N) is 3. The summed E-state index contributed by atoms with van der Waals surface area (Å²) in [4.78, 5) is 4.78. The molecule has 0 aliphatic rings. The first-order chi connectivity index (χ1) is 18.7. The van der Waals surface area contributed by atoms with Crippen molar-refractivity contribution in [3.8, 4) is 5.75 Å². The summed E-state index contributed by atoms with van der Waals surface area (Å²) in [6.45, 7) is 3.04. The van der Waals surface area contributed by atoms with Gasteiger partial charge in [-0.25, -0.2) is 0 Å². The van der Waals surface area contributed by atoms with E-state index in [-0.39, 0.29) is 0 Å². The van der Waals surface area contributed by atoms with Crippen molar-refractivity contribution in [2.45, 2.75) is 58.3 Å². The highest BCUT2D eigenvalue weighted by atomic mass is 79.9. The van der Waals surface area contributed by atoms with Crippen molar-refractivity contribution in [3.05, 3.63) is 95.0 Å². The fourth-order valence-electron chi connectivity index (χ4n) is 4.31. The molecule has 0 bridgehead atoms. The van der Waals surface area contributed by atoms with Gasteiger partial charge >= 0.3 is 0 Å². The van der Waals surface area contributed by atoms with Gasteiger partial charge in [-0.2, -0.15) is 5.11 Å². The van der Waals surface area contributed by atoms with Crippen molar-refractivity contribution >= 4 is 50.0 Å². The molecule has 38 heavy (non-hydrogen) atoms.